The maximum atomic E-state index is 13.1. The normalized spacial score (nSPS) is 37.7. The zero-order valence-electron chi connectivity index (χ0n) is 22.4. The molecule has 7 N–H and O–H groups in total. The molecular formula is C21H28BN9O12P2. The van der Waals surface area contributed by atoms with E-state index in [0.717, 1.165) is 0 Å². The van der Waals surface area contributed by atoms with Crippen molar-refractivity contribution in [3.63, 3.8) is 0 Å². The van der Waals surface area contributed by atoms with E-state index in [1.807, 2.05) is 0 Å². The van der Waals surface area contributed by atoms with E-state index in [1.165, 1.54) is 28.1 Å². The molecule has 7 rings (SSSR count). The molecule has 24 heteroatoms. The monoisotopic (exact) mass is 671 g/mol. The van der Waals surface area contributed by atoms with E-state index >= 15 is 0 Å². The molecule has 3 fully saturated rings. The Morgan fingerprint density at radius 1 is 1.02 bits per heavy atom. The lowest BCUT2D eigenvalue weighted by Gasteiger charge is -2.28. The third-order valence-corrected chi connectivity index (χ3v) is 9.11. The van der Waals surface area contributed by atoms with E-state index in [9.17, 15) is 29.4 Å². The van der Waals surface area contributed by atoms with Crippen LogP contribution in [-0.4, -0.2) is 116 Å². The summed E-state index contributed by atoms with van der Waals surface area (Å²) in [5, 5.41) is 22.4. The van der Waals surface area contributed by atoms with Crippen LogP contribution in [0.4, 0.5) is 5.82 Å². The van der Waals surface area contributed by atoms with Crippen LogP contribution in [-0.2, 0) is 32.1 Å². The van der Waals surface area contributed by atoms with Crippen molar-refractivity contribution in [1.82, 2.24) is 39.0 Å². The second kappa shape index (κ2) is 11.1. The summed E-state index contributed by atoms with van der Waals surface area (Å²) in [7, 11) is -9.69. The first-order valence-electron chi connectivity index (χ1n) is 13.0. The van der Waals surface area contributed by atoms with Crippen LogP contribution >= 0.6 is 15.6 Å². The second-order valence-corrected chi connectivity index (χ2v) is 12.5. The Labute approximate surface area is 252 Å². The van der Waals surface area contributed by atoms with Crippen LogP contribution < -0.4 is 11.3 Å². The summed E-state index contributed by atoms with van der Waals surface area (Å²) >= 11 is 0. The number of phosphoric ester groups is 1. The van der Waals surface area contributed by atoms with Crippen LogP contribution in [0, 0.1) is 6.92 Å². The average molecular weight is 671 g/mol. The highest BCUT2D eigenvalue weighted by Crippen LogP contribution is 2.57. The van der Waals surface area contributed by atoms with Gasteiger partial charge in [0.1, 0.15) is 54.8 Å². The average Bonchev–Trinajstić information content (AvgIpc) is 3.72. The Morgan fingerprint density at radius 3 is 2.51 bits per heavy atom. The Balaban J connectivity index is 1.20. The molecule has 4 aromatic heterocycles. The molecule has 3 saturated heterocycles. The Morgan fingerprint density at radius 2 is 1.73 bits per heavy atom. The third kappa shape index (κ3) is 5.45. The second-order valence-electron chi connectivity index (χ2n) is 10.1. The minimum atomic E-state index is -4.95. The minimum absolute atomic E-state index is 0.00293. The summed E-state index contributed by atoms with van der Waals surface area (Å²) in [6.45, 7) is 0.458. The van der Waals surface area contributed by atoms with E-state index < -0.39 is 91.1 Å². The predicted molar refractivity (Wildman–Crippen MR) is 153 cm³/mol. The fourth-order valence-corrected chi connectivity index (χ4v) is 7.05. The number of aromatic nitrogens is 8. The summed E-state index contributed by atoms with van der Waals surface area (Å²) in [4.78, 5) is 57.6. The molecule has 242 valence electrons. The molecule has 3 aliphatic rings. The van der Waals surface area contributed by atoms with Crippen molar-refractivity contribution in [3.05, 3.63) is 35.2 Å². The van der Waals surface area contributed by atoms with Gasteiger partial charge in [-0.05, 0) is 6.92 Å². The van der Waals surface area contributed by atoms with Crippen LogP contribution in [0.5, 0.6) is 0 Å². The quantitative estimate of drug-likeness (QED) is 0.0935. The summed E-state index contributed by atoms with van der Waals surface area (Å²) < 4.78 is 50.3. The molecule has 4 unspecified atom stereocenters. The van der Waals surface area contributed by atoms with Gasteiger partial charge >= 0.3 is 7.82 Å². The van der Waals surface area contributed by atoms with Gasteiger partial charge in [0.25, 0.3) is 5.56 Å². The third-order valence-electron chi connectivity index (χ3n) is 7.33. The lowest BCUT2D eigenvalue weighted by Crippen LogP contribution is -2.36. The van der Waals surface area contributed by atoms with Crippen LogP contribution in [0.25, 0.3) is 22.3 Å². The number of aryl methyl sites for hydroxylation is 1. The first-order chi connectivity index (χ1) is 21.3. The van der Waals surface area contributed by atoms with Gasteiger partial charge in [-0.1, -0.05) is 0 Å². The van der Waals surface area contributed by atoms with Crippen LogP contribution in [0.15, 0.2) is 23.8 Å². The SMILES string of the molecule is [BH3-][P+]1(O)OC[C@H]2O[C@@H](n3cnc4c(N)ncnc43)C(O)[C@H]2OP(=O)(O)OC[C@H]2O[C@@H](n3cnc4c(=O)[nH]c(C)nc43)[C@@H](O1)C2O. The molecular weight excluding hydrogens is 643 g/mol. The summed E-state index contributed by atoms with van der Waals surface area (Å²) in [5.41, 5.74) is 5.96. The van der Waals surface area contributed by atoms with Crippen LogP contribution in [0.3, 0.4) is 0 Å². The van der Waals surface area contributed by atoms with Crippen molar-refractivity contribution >= 4 is 51.4 Å². The summed E-state index contributed by atoms with van der Waals surface area (Å²) in [6.07, 6.45) is -7.02. The summed E-state index contributed by atoms with van der Waals surface area (Å²) in [6, 6.07) is 0. The first-order valence-corrected chi connectivity index (χ1v) is 15.6. The van der Waals surface area contributed by atoms with Crippen LogP contribution in [0.2, 0.25) is 0 Å². The number of rotatable bonds is 2. The van der Waals surface area contributed by atoms with Gasteiger partial charge in [-0.2, -0.15) is 0 Å². The van der Waals surface area contributed by atoms with Gasteiger partial charge in [0, 0.05) is 0 Å². The predicted octanol–water partition coefficient (Wildman–Crippen LogP) is -2.68. The highest BCUT2D eigenvalue weighted by molar-refractivity contribution is 7.85. The number of nitrogen functional groups attached to an aromatic ring is 1. The summed E-state index contributed by atoms with van der Waals surface area (Å²) in [5.74, 6) is 0.380. The fraction of sp³-hybridized carbons (Fsp3) is 0.524. The molecule has 10 atom stereocenters. The smallest absolute Gasteiger partial charge is 0.387 e. The molecule has 45 heavy (non-hydrogen) atoms. The van der Waals surface area contributed by atoms with Crippen molar-refractivity contribution in [3.8, 4) is 0 Å². The number of imidazole rings is 2. The van der Waals surface area contributed by atoms with E-state index in [0.29, 0.717) is 0 Å². The number of aliphatic hydroxyl groups excluding tert-OH is 2. The molecule has 0 aromatic carbocycles. The van der Waals surface area contributed by atoms with Crippen molar-refractivity contribution in [2.24, 2.45) is 0 Å². The highest BCUT2D eigenvalue weighted by Gasteiger charge is 2.54. The van der Waals surface area contributed by atoms with Gasteiger partial charge < -0.3 is 35.3 Å². The topological polar surface area (TPSA) is 287 Å². The number of phosphoric acid groups is 1. The number of H-pyrrole nitrogens is 1. The van der Waals surface area contributed by atoms with Crippen molar-refractivity contribution < 1.29 is 52.1 Å². The zero-order chi connectivity index (χ0) is 31.8. The molecule has 2 bridgehead atoms. The Bertz CT molecular complexity index is 1870. The number of hydrogen-bond acceptors (Lipinski definition) is 17. The molecule has 3 aliphatic heterocycles. The zero-order valence-corrected chi connectivity index (χ0v) is 24.2. The maximum absolute atomic E-state index is 13.1. The van der Waals surface area contributed by atoms with Gasteiger partial charge in [-0.3, -0.25) is 23.0 Å². The number of nitrogens with one attached hydrogen (secondary N) is 1. The van der Waals surface area contributed by atoms with E-state index in [2.05, 4.69) is 29.9 Å². The number of fused-ring (bicyclic) bond motifs is 5. The van der Waals surface area contributed by atoms with Gasteiger partial charge in [0.05, 0.1) is 19.3 Å². The Kier molecular flexibility index (Phi) is 7.55. The number of nitrogens with two attached hydrogens (primary N) is 1. The molecule has 0 saturated carbocycles. The highest BCUT2D eigenvalue weighted by atomic mass is 31.2. The number of anilines is 1. The standard InChI is InChI=1S/C21H28BN9O12P2/c1-7-28-18-11(19(34)29-7)27-6-31(18)21-15-12(32)8(40-21)2-39-45(36,37)43-14-9(3-38-44(22,35)42-15)41-20(13(14)33)30-5-26-10-16(23)24-4-25-17(10)30/h4-6,8-9,12-15,20-21,32-33,35H,2-3H2,1,22H3,(H,36,37)(H2,23,24,25)(H,28,29,34)/t8-,9-,12?,13?,14+,15+,20-,21-,44?/m1/s1. The van der Waals surface area contributed by atoms with Crippen molar-refractivity contribution in [2.45, 2.75) is 56.0 Å². The largest absolute Gasteiger partial charge is 0.472 e. The number of aromatic amines is 1. The van der Waals surface area contributed by atoms with Gasteiger partial charge in [0.15, 0.2) is 41.2 Å². The van der Waals surface area contributed by atoms with Crippen molar-refractivity contribution in [2.75, 3.05) is 18.9 Å². The molecule has 4 aromatic rings. The lowest BCUT2D eigenvalue weighted by atomic mass is 10.1. The van der Waals surface area contributed by atoms with Gasteiger partial charge in [-0.25, -0.2) is 43.4 Å². The van der Waals surface area contributed by atoms with E-state index in [1.54, 1.807) is 6.92 Å². The molecule has 0 spiro atoms. The minimum Gasteiger partial charge on any atom is -0.387 e. The molecule has 0 amide bonds. The number of ether oxygens (including phenoxy) is 2. The van der Waals surface area contributed by atoms with Crippen molar-refractivity contribution in [1.29, 1.82) is 0 Å². The molecule has 21 nitrogen and oxygen atoms in total. The van der Waals surface area contributed by atoms with Crippen LogP contribution in [0.1, 0.15) is 18.3 Å². The Hall–Kier alpha value is -2.98. The number of nitrogens with zero attached hydrogens (tertiary/aromatic N) is 7. The molecule has 0 radical (unpaired) electrons. The number of hydrogen-bond donors (Lipinski definition) is 6. The van der Waals surface area contributed by atoms with E-state index in [-0.39, 0.29) is 34.0 Å². The molecule has 7 heterocycles. The molecule has 0 aliphatic carbocycles. The fourth-order valence-electron chi connectivity index (χ4n) is 5.31. The lowest BCUT2D eigenvalue weighted by molar-refractivity contribution is -0.0641. The number of aliphatic hydroxyl groups is 2. The van der Waals surface area contributed by atoms with E-state index in [4.69, 9.17) is 33.3 Å². The van der Waals surface area contributed by atoms with Gasteiger partial charge in [-0.15, -0.1) is 0 Å². The van der Waals surface area contributed by atoms with Gasteiger partial charge in [0.2, 0.25) is 15.4 Å². The maximum Gasteiger partial charge on any atom is 0.472 e. The first kappa shape index (κ1) is 30.7.